The van der Waals surface area contributed by atoms with Crippen LogP contribution in [0, 0.1) is 0 Å². The molecule has 0 aliphatic rings. The maximum atomic E-state index is 7.17. The van der Waals surface area contributed by atoms with Gasteiger partial charge in [0.25, 0.3) is 0 Å². The minimum atomic E-state index is -0.964. The van der Waals surface area contributed by atoms with Gasteiger partial charge in [-0.2, -0.15) is 0 Å². The molecule has 0 spiro atoms. The average Bonchev–Trinajstić information content (AvgIpc) is 2.79. The predicted molar refractivity (Wildman–Crippen MR) is 108 cm³/mol. The third-order valence-corrected chi connectivity index (χ3v) is 4.91. The second-order valence-corrected chi connectivity index (χ2v) is 6.63. The van der Waals surface area contributed by atoms with Crippen LogP contribution in [0.2, 0.25) is 0 Å². The monoisotopic (exact) mass is 367 g/mol. The Balaban J connectivity index is 1.91. The van der Waals surface area contributed by atoms with E-state index in [-0.39, 0.29) is 5.92 Å². The van der Waals surface area contributed by atoms with Crippen LogP contribution in [0.5, 0.6) is 0 Å². The van der Waals surface area contributed by atoms with Crippen LogP contribution in [0.25, 0.3) is 0 Å². The Labute approximate surface area is 164 Å². The average molecular weight is 367 g/mol. The van der Waals surface area contributed by atoms with Crippen molar-refractivity contribution in [1.29, 1.82) is 0 Å². The summed E-state index contributed by atoms with van der Waals surface area (Å²) >= 11 is 0. The molecule has 0 aliphatic carbocycles. The lowest BCUT2D eigenvalue weighted by atomic mass is 9.74. The summed E-state index contributed by atoms with van der Waals surface area (Å²) in [6.07, 6.45) is 7.72. The summed E-state index contributed by atoms with van der Waals surface area (Å²) in [7, 11) is 0. The van der Waals surface area contributed by atoms with Crippen LogP contribution in [0.15, 0.2) is 97.6 Å². The molecule has 0 aliphatic heterocycles. The molecule has 5 heteroatoms. The SMILES string of the molecule is NC(c1ccccn1)(c1ccccn1)C(Cc1ccccn1)c1ccccn1. The summed E-state index contributed by atoms with van der Waals surface area (Å²) in [4.78, 5) is 18.4. The Morgan fingerprint density at radius 2 is 1.18 bits per heavy atom. The van der Waals surface area contributed by atoms with Crippen molar-refractivity contribution >= 4 is 0 Å². The molecule has 0 saturated heterocycles. The first-order valence-corrected chi connectivity index (χ1v) is 9.21. The van der Waals surface area contributed by atoms with E-state index in [2.05, 4.69) is 19.9 Å². The quantitative estimate of drug-likeness (QED) is 0.564. The zero-order valence-corrected chi connectivity index (χ0v) is 15.4. The fourth-order valence-corrected chi connectivity index (χ4v) is 3.51. The maximum Gasteiger partial charge on any atom is 0.110 e. The Morgan fingerprint density at radius 1 is 0.643 bits per heavy atom. The molecule has 4 heterocycles. The van der Waals surface area contributed by atoms with E-state index in [4.69, 9.17) is 5.73 Å². The van der Waals surface area contributed by atoms with E-state index in [0.717, 1.165) is 22.8 Å². The number of rotatable bonds is 6. The second-order valence-electron chi connectivity index (χ2n) is 6.63. The maximum absolute atomic E-state index is 7.17. The fourth-order valence-electron chi connectivity index (χ4n) is 3.51. The van der Waals surface area contributed by atoms with Gasteiger partial charge in [0.05, 0.1) is 11.4 Å². The van der Waals surface area contributed by atoms with Crippen LogP contribution < -0.4 is 5.73 Å². The Hall–Kier alpha value is -3.44. The summed E-state index contributed by atoms with van der Waals surface area (Å²) < 4.78 is 0. The third-order valence-electron chi connectivity index (χ3n) is 4.91. The van der Waals surface area contributed by atoms with Crippen molar-refractivity contribution in [2.24, 2.45) is 5.73 Å². The topological polar surface area (TPSA) is 77.6 Å². The first-order valence-electron chi connectivity index (χ1n) is 9.21. The van der Waals surface area contributed by atoms with Gasteiger partial charge in [-0.05, 0) is 48.5 Å². The van der Waals surface area contributed by atoms with E-state index in [1.165, 1.54) is 0 Å². The van der Waals surface area contributed by atoms with Gasteiger partial charge in [-0.3, -0.25) is 19.9 Å². The summed E-state index contributed by atoms with van der Waals surface area (Å²) in [6, 6.07) is 23.3. The van der Waals surface area contributed by atoms with Crippen LogP contribution in [0.4, 0.5) is 0 Å². The van der Waals surface area contributed by atoms with Crippen molar-refractivity contribution in [3.05, 3.63) is 120 Å². The van der Waals surface area contributed by atoms with Gasteiger partial charge in [-0.25, -0.2) is 0 Å². The van der Waals surface area contributed by atoms with E-state index < -0.39 is 5.54 Å². The first-order chi connectivity index (χ1) is 13.8. The highest BCUT2D eigenvalue weighted by Gasteiger charge is 2.42. The molecule has 0 radical (unpaired) electrons. The first kappa shape index (κ1) is 17.9. The molecule has 4 aromatic heterocycles. The molecule has 2 N–H and O–H groups in total. The molecule has 1 atom stereocenters. The molecular formula is C23H21N5. The molecule has 1 unspecified atom stereocenters. The number of nitrogens with zero attached hydrogens (tertiary/aromatic N) is 4. The summed E-state index contributed by atoms with van der Waals surface area (Å²) in [5.74, 6) is -0.201. The van der Waals surface area contributed by atoms with Crippen molar-refractivity contribution < 1.29 is 0 Å². The standard InChI is InChI=1S/C23H21N5/c24-23(21-11-3-7-15-27-21,22-12-4-8-16-28-22)19(20-10-2-6-14-26-20)17-18-9-1-5-13-25-18/h1-16,19H,17,24H2. The van der Waals surface area contributed by atoms with E-state index in [1.54, 1.807) is 24.8 Å². The van der Waals surface area contributed by atoms with Gasteiger partial charge in [-0.15, -0.1) is 0 Å². The van der Waals surface area contributed by atoms with Crippen LogP contribution >= 0.6 is 0 Å². The van der Waals surface area contributed by atoms with Gasteiger partial charge in [0.15, 0.2) is 0 Å². The van der Waals surface area contributed by atoms with Gasteiger partial charge in [0.2, 0.25) is 0 Å². The molecule has 28 heavy (non-hydrogen) atoms. The van der Waals surface area contributed by atoms with Crippen LogP contribution in [0.3, 0.4) is 0 Å². The van der Waals surface area contributed by atoms with Crippen LogP contribution in [0.1, 0.15) is 28.7 Å². The lowest BCUT2D eigenvalue weighted by molar-refractivity contribution is 0.389. The van der Waals surface area contributed by atoms with Crippen molar-refractivity contribution in [3.8, 4) is 0 Å². The zero-order valence-electron chi connectivity index (χ0n) is 15.4. The predicted octanol–water partition coefficient (Wildman–Crippen LogP) is 3.50. The third kappa shape index (κ3) is 3.52. The normalized spacial score (nSPS) is 12.5. The second kappa shape index (κ2) is 8.06. The van der Waals surface area contributed by atoms with Gasteiger partial charge in [0, 0.05) is 48.5 Å². The summed E-state index contributed by atoms with van der Waals surface area (Å²) in [6.45, 7) is 0. The minimum absolute atomic E-state index is 0.201. The Morgan fingerprint density at radius 3 is 1.64 bits per heavy atom. The molecular weight excluding hydrogens is 346 g/mol. The van der Waals surface area contributed by atoms with Crippen molar-refractivity contribution in [2.75, 3.05) is 0 Å². The zero-order chi connectivity index (χ0) is 19.2. The van der Waals surface area contributed by atoms with E-state index in [9.17, 15) is 0 Å². The number of nitrogens with two attached hydrogens (primary N) is 1. The van der Waals surface area contributed by atoms with E-state index in [1.807, 2.05) is 72.8 Å². The van der Waals surface area contributed by atoms with Crippen LogP contribution in [-0.4, -0.2) is 19.9 Å². The van der Waals surface area contributed by atoms with Gasteiger partial charge in [0.1, 0.15) is 5.54 Å². The van der Waals surface area contributed by atoms with Gasteiger partial charge >= 0.3 is 0 Å². The summed E-state index contributed by atoms with van der Waals surface area (Å²) in [5.41, 5.74) is 9.53. The molecule has 0 bridgehead atoms. The largest absolute Gasteiger partial charge is 0.315 e. The fraction of sp³-hybridized carbons (Fsp3) is 0.130. The number of hydrogen-bond donors (Lipinski definition) is 1. The highest BCUT2D eigenvalue weighted by Crippen LogP contribution is 2.39. The van der Waals surface area contributed by atoms with Crippen molar-refractivity contribution in [2.45, 2.75) is 17.9 Å². The molecule has 5 nitrogen and oxygen atoms in total. The van der Waals surface area contributed by atoms with Gasteiger partial charge < -0.3 is 5.73 Å². The molecule has 138 valence electrons. The number of aromatic nitrogens is 4. The molecule has 4 rings (SSSR count). The Bertz CT molecular complexity index is 953. The lowest BCUT2D eigenvalue weighted by Gasteiger charge is -2.36. The minimum Gasteiger partial charge on any atom is -0.315 e. The van der Waals surface area contributed by atoms with Crippen molar-refractivity contribution in [1.82, 2.24) is 19.9 Å². The number of pyridine rings is 4. The highest BCUT2D eigenvalue weighted by molar-refractivity contribution is 5.37. The van der Waals surface area contributed by atoms with Crippen molar-refractivity contribution in [3.63, 3.8) is 0 Å². The molecule has 0 aromatic carbocycles. The smallest absolute Gasteiger partial charge is 0.110 e. The lowest BCUT2D eigenvalue weighted by Crippen LogP contribution is -2.46. The van der Waals surface area contributed by atoms with Gasteiger partial charge in [-0.1, -0.05) is 24.3 Å². The summed E-state index contributed by atoms with van der Waals surface area (Å²) in [5, 5.41) is 0. The molecule has 0 fully saturated rings. The van der Waals surface area contributed by atoms with E-state index >= 15 is 0 Å². The molecule has 0 amide bonds. The highest BCUT2D eigenvalue weighted by atomic mass is 14.9. The Kier molecular flexibility index (Phi) is 5.17. The molecule has 0 saturated carbocycles. The van der Waals surface area contributed by atoms with E-state index in [0.29, 0.717) is 6.42 Å². The molecule has 4 aromatic rings. The van der Waals surface area contributed by atoms with Crippen LogP contribution in [-0.2, 0) is 12.0 Å². The number of hydrogen-bond acceptors (Lipinski definition) is 5.